The minimum Gasteiger partial charge on any atom is -0.507 e. The number of aromatic nitrogens is 1. The van der Waals surface area contributed by atoms with Gasteiger partial charge in [0, 0.05) is 27.8 Å². The summed E-state index contributed by atoms with van der Waals surface area (Å²) in [5.74, 6) is -0.811. The average molecular weight is 466 g/mol. The molecule has 8 heteroatoms. The third kappa shape index (κ3) is 4.27. The number of nitrogens with one attached hydrogen (secondary N) is 1. The first-order chi connectivity index (χ1) is 15.9. The normalized spacial score (nSPS) is 17.3. The number of ketones is 1. The molecule has 0 bridgehead atoms. The molecule has 1 unspecified atom stereocenters. The van der Waals surface area contributed by atoms with Gasteiger partial charge >= 0.3 is 0 Å². The summed E-state index contributed by atoms with van der Waals surface area (Å²) in [5.41, 5.74) is 1.65. The number of aliphatic hydroxyl groups excluding tert-OH is 1. The molecule has 33 heavy (non-hydrogen) atoms. The lowest BCUT2D eigenvalue weighted by Crippen LogP contribution is -2.29. The Morgan fingerprint density at radius 3 is 2.48 bits per heavy atom. The number of Topliss-reactive ketones (excluding diaryl/α,β-unsaturated/α-hetero) is 1. The lowest BCUT2D eigenvalue weighted by atomic mass is 9.94. The Kier molecular flexibility index (Phi) is 6.33. The van der Waals surface area contributed by atoms with Crippen molar-refractivity contribution in [2.45, 2.75) is 12.6 Å². The maximum absolute atomic E-state index is 13.2. The highest BCUT2D eigenvalue weighted by atomic mass is 35.5. The molecule has 2 N–H and O–H groups in total. The molecule has 2 heterocycles. The van der Waals surface area contributed by atoms with Gasteiger partial charge < -0.3 is 19.5 Å². The van der Waals surface area contributed by atoms with Gasteiger partial charge in [0.15, 0.2) is 12.4 Å². The third-order valence-electron chi connectivity index (χ3n) is 5.51. The Morgan fingerprint density at radius 1 is 1.09 bits per heavy atom. The Hall–Kier alpha value is -3.84. The van der Waals surface area contributed by atoms with Gasteiger partial charge in [0.2, 0.25) is 0 Å². The number of aromatic amines is 1. The minimum absolute atomic E-state index is 0.0335. The Labute approximate surface area is 195 Å². The third-order valence-corrected chi connectivity index (χ3v) is 5.77. The molecule has 7 nitrogen and oxygen atoms in total. The predicted octanol–water partition coefficient (Wildman–Crippen LogP) is 3.79. The van der Waals surface area contributed by atoms with E-state index < -0.39 is 17.7 Å². The molecule has 0 spiro atoms. The molecule has 1 aromatic heterocycles. The van der Waals surface area contributed by atoms with Crippen molar-refractivity contribution in [2.24, 2.45) is 0 Å². The molecule has 0 radical (unpaired) electrons. The zero-order chi connectivity index (χ0) is 23.5. The number of benzene rings is 2. The van der Waals surface area contributed by atoms with Crippen molar-refractivity contribution in [1.29, 1.82) is 0 Å². The number of halogens is 1. The molecule has 0 aliphatic carbocycles. The zero-order valence-electron chi connectivity index (χ0n) is 18.0. The number of ether oxygens (including phenoxy) is 2. The maximum atomic E-state index is 13.2. The van der Waals surface area contributed by atoms with Crippen LogP contribution in [0.1, 0.15) is 22.7 Å². The van der Waals surface area contributed by atoms with Gasteiger partial charge in [-0.15, -0.1) is 0 Å². The van der Waals surface area contributed by atoms with Crippen LogP contribution in [0.15, 0.2) is 72.6 Å². The van der Waals surface area contributed by atoms with E-state index in [4.69, 9.17) is 21.1 Å². The van der Waals surface area contributed by atoms with E-state index >= 15 is 0 Å². The van der Waals surface area contributed by atoms with E-state index in [-0.39, 0.29) is 17.9 Å². The highest BCUT2D eigenvalue weighted by Gasteiger charge is 2.47. The molecule has 4 rings (SSSR count). The molecular formula is C25H22ClN2O5+. The van der Waals surface area contributed by atoms with Crippen LogP contribution in [-0.2, 0) is 16.1 Å². The first-order valence-corrected chi connectivity index (χ1v) is 10.5. The average Bonchev–Trinajstić information content (AvgIpc) is 3.09. The molecule has 1 saturated heterocycles. The summed E-state index contributed by atoms with van der Waals surface area (Å²) >= 11 is 5.98. The monoisotopic (exact) mass is 465 g/mol. The Bertz CT molecular complexity index is 1230. The van der Waals surface area contributed by atoms with E-state index in [1.807, 2.05) is 6.07 Å². The van der Waals surface area contributed by atoms with Gasteiger partial charge in [-0.1, -0.05) is 11.6 Å². The molecule has 168 valence electrons. The number of H-pyrrole nitrogens is 1. The van der Waals surface area contributed by atoms with Gasteiger partial charge in [0.25, 0.3) is 11.7 Å². The number of nitrogens with zero attached hydrogens (tertiary/aromatic N) is 1. The van der Waals surface area contributed by atoms with E-state index in [2.05, 4.69) is 4.98 Å². The number of likely N-dealkylation sites (tertiary alicyclic amines) is 1. The van der Waals surface area contributed by atoms with Gasteiger partial charge in [-0.05, 0) is 48.5 Å². The van der Waals surface area contributed by atoms with E-state index in [9.17, 15) is 14.7 Å². The first kappa shape index (κ1) is 22.4. The number of pyridine rings is 1. The molecule has 1 aliphatic rings. The molecule has 2 aromatic carbocycles. The van der Waals surface area contributed by atoms with Crippen molar-refractivity contribution in [1.82, 2.24) is 4.90 Å². The summed E-state index contributed by atoms with van der Waals surface area (Å²) in [6.07, 6.45) is 3.50. The fraction of sp³-hybridized carbons (Fsp3) is 0.160. The second kappa shape index (κ2) is 9.34. The van der Waals surface area contributed by atoms with Crippen LogP contribution in [0.5, 0.6) is 11.5 Å². The SMILES string of the molecule is COc1ccc(OC)c(C2C(=C(O)c3ccc(Cl)cc3)C(=O)C(=O)N2Cc2ccc[nH+]c2)c1. The van der Waals surface area contributed by atoms with E-state index in [0.717, 1.165) is 5.56 Å². The highest BCUT2D eigenvalue weighted by Crippen LogP contribution is 2.44. The number of carbonyl (C=O) groups is 2. The first-order valence-electron chi connectivity index (χ1n) is 10.2. The molecule has 1 amide bonds. The molecule has 3 aromatic rings. The van der Waals surface area contributed by atoms with Crippen molar-refractivity contribution in [3.63, 3.8) is 0 Å². The summed E-state index contributed by atoms with van der Waals surface area (Å²) in [7, 11) is 3.03. The summed E-state index contributed by atoms with van der Waals surface area (Å²) < 4.78 is 10.9. The van der Waals surface area contributed by atoms with E-state index in [0.29, 0.717) is 27.6 Å². The topological polar surface area (TPSA) is 90.2 Å². The van der Waals surface area contributed by atoms with Crippen LogP contribution < -0.4 is 14.5 Å². The molecule has 1 aliphatic heterocycles. The van der Waals surface area contributed by atoms with Crippen molar-refractivity contribution >= 4 is 29.1 Å². The van der Waals surface area contributed by atoms with Crippen LogP contribution in [0, 0.1) is 0 Å². The van der Waals surface area contributed by atoms with Crippen LogP contribution in [0.25, 0.3) is 5.76 Å². The largest absolute Gasteiger partial charge is 0.507 e. The Morgan fingerprint density at radius 2 is 1.85 bits per heavy atom. The van der Waals surface area contributed by atoms with Gasteiger partial charge in [-0.3, -0.25) is 9.59 Å². The number of amides is 1. The van der Waals surface area contributed by atoms with Crippen molar-refractivity contribution in [2.75, 3.05) is 14.2 Å². The number of aliphatic hydroxyl groups is 1. The summed E-state index contributed by atoms with van der Waals surface area (Å²) in [6.45, 7) is 0.143. The standard InChI is InChI=1S/C25H21ClN2O5/c1-32-18-9-10-20(33-2)19(12-18)22-21(23(29)16-5-7-17(26)8-6-16)24(30)25(31)28(22)14-15-4-3-11-27-13-15/h3-13,22,29H,14H2,1-2H3/p+1. The lowest BCUT2D eigenvalue weighted by molar-refractivity contribution is -0.378. The number of hydrogen-bond donors (Lipinski definition) is 1. The molecule has 1 fully saturated rings. The maximum Gasteiger partial charge on any atom is 0.295 e. The fourth-order valence-corrected chi connectivity index (χ4v) is 4.03. The van der Waals surface area contributed by atoms with Crippen molar-refractivity contribution < 1.29 is 29.2 Å². The van der Waals surface area contributed by atoms with E-state index in [1.165, 1.54) is 19.1 Å². The highest BCUT2D eigenvalue weighted by molar-refractivity contribution is 6.46. The second-order valence-electron chi connectivity index (χ2n) is 7.45. The zero-order valence-corrected chi connectivity index (χ0v) is 18.8. The minimum atomic E-state index is -0.897. The summed E-state index contributed by atoms with van der Waals surface area (Å²) in [6, 6.07) is 14.3. The van der Waals surface area contributed by atoms with Crippen molar-refractivity contribution in [3.8, 4) is 11.5 Å². The molecular weight excluding hydrogens is 444 g/mol. The predicted molar refractivity (Wildman–Crippen MR) is 122 cm³/mol. The number of rotatable bonds is 6. The van der Waals surface area contributed by atoms with Crippen LogP contribution in [0.2, 0.25) is 5.02 Å². The van der Waals surface area contributed by atoms with Gasteiger partial charge in [0.1, 0.15) is 17.3 Å². The molecule has 0 saturated carbocycles. The van der Waals surface area contributed by atoms with E-state index in [1.54, 1.807) is 60.9 Å². The van der Waals surface area contributed by atoms with Crippen molar-refractivity contribution in [3.05, 3.63) is 94.3 Å². The summed E-state index contributed by atoms with van der Waals surface area (Å²) in [5, 5.41) is 11.6. The van der Waals surface area contributed by atoms with Crippen LogP contribution in [-0.4, -0.2) is 35.9 Å². The number of carbonyl (C=O) groups excluding carboxylic acids is 2. The lowest BCUT2D eigenvalue weighted by Gasteiger charge is -2.26. The number of hydrogen-bond acceptors (Lipinski definition) is 5. The second-order valence-corrected chi connectivity index (χ2v) is 7.89. The van der Waals surface area contributed by atoms with Gasteiger partial charge in [-0.25, -0.2) is 4.98 Å². The quantitative estimate of drug-likeness (QED) is 0.340. The Balaban J connectivity index is 1.93. The van der Waals surface area contributed by atoms with Crippen LogP contribution in [0.3, 0.4) is 0 Å². The van der Waals surface area contributed by atoms with Gasteiger partial charge in [-0.2, -0.15) is 0 Å². The van der Waals surface area contributed by atoms with Gasteiger partial charge in [0.05, 0.1) is 32.4 Å². The summed E-state index contributed by atoms with van der Waals surface area (Å²) in [4.78, 5) is 30.8. The van der Waals surface area contributed by atoms with Crippen LogP contribution in [0.4, 0.5) is 0 Å². The van der Waals surface area contributed by atoms with Crippen LogP contribution >= 0.6 is 11.6 Å². The molecule has 1 atom stereocenters. The fourth-order valence-electron chi connectivity index (χ4n) is 3.91. The number of methoxy groups -OCH3 is 2. The smallest absolute Gasteiger partial charge is 0.295 e.